The van der Waals surface area contributed by atoms with Crippen molar-refractivity contribution in [1.82, 2.24) is 4.98 Å². The van der Waals surface area contributed by atoms with Gasteiger partial charge in [-0.05, 0) is 24.3 Å². The number of pyridine rings is 1. The monoisotopic (exact) mass is 262 g/mol. The van der Waals surface area contributed by atoms with E-state index >= 15 is 0 Å². The minimum atomic E-state index is 0.0279. The SMILES string of the molecule is Nc1cccc(C(=O)Cc2ccc3ccccc3n2)c1. The lowest BCUT2D eigenvalue weighted by molar-refractivity contribution is 0.0992. The summed E-state index contributed by atoms with van der Waals surface area (Å²) in [6.45, 7) is 0. The second-order valence-electron chi connectivity index (χ2n) is 4.72. The first-order chi connectivity index (χ1) is 9.72. The number of carbonyl (C=O) groups excluding carboxylic acids is 1. The highest BCUT2D eigenvalue weighted by atomic mass is 16.1. The number of hydrogen-bond acceptors (Lipinski definition) is 3. The molecule has 0 radical (unpaired) electrons. The Balaban J connectivity index is 1.87. The van der Waals surface area contributed by atoms with Crippen LogP contribution in [-0.2, 0) is 6.42 Å². The topological polar surface area (TPSA) is 56.0 Å². The number of nitrogen functional groups attached to an aromatic ring is 1. The summed E-state index contributed by atoms with van der Waals surface area (Å²) < 4.78 is 0. The highest BCUT2D eigenvalue weighted by molar-refractivity contribution is 5.98. The zero-order valence-corrected chi connectivity index (χ0v) is 10.9. The number of anilines is 1. The van der Waals surface area contributed by atoms with Crippen LogP contribution in [0.15, 0.2) is 60.7 Å². The molecule has 0 aliphatic carbocycles. The number of hydrogen-bond donors (Lipinski definition) is 1. The van der Waals surface area contributed by atoms with Crippen LogP contribution in [-0.4, -0.2) is 10.8 Å². The van der Waals surface area contributed by atoms with Crippen molar-refractivity contribution < 1.29 is 4.79 Å². The van der Waals surface area contributed by atoms with Crippen LogP contribution < -0.4 is 5.73 Å². The van der Waals surface area contributed by atoms with Gasteiger partial charge in [0, 0.05) is 22.3 Å². The summed E-state index contributed by atoms with van der Waals surface area (Å²) in [5.41, 5.74) is 8.60. The normalized spacial score (nSPS) is 10.6. The van der Waals surface area contributed by atoms with Crippen molar-refractivity contribution in [2.45, 2.75) is 6.42 Å². The highest BCUT2D eigenvalue weighted by Crippen LogP contribution is 2.14. The Morgan fingerprint density at radius 2 is 1.85 bits per heavy atom. The van der Waals surface area contributed by atoms with Gasteiger partial charge in [0.1, 0.15) is 0 Å². The fourth-order valence-electron chi connectivity index (χ4n) is 2.19. The number of para-hydroxylation sites is 1. The molecule has 0 fully saturated rings. The molecule has 0 saturated heterocycles. The number of nitrogens with zero attached hydrogens (tertiary/aromatic N) is 1. The van der Waals surface area contributed by atoms with Gasteiger partial charge in [-0.2, -0.15) is 0 Å². The number of rotatable bonds is 3. The average Bonchev–Trinajstić information content (AvgIpc) is 2.47. The second-order valence-corrected chi connectivity index (χ2v) is 4.72. The van der Waals surface area contributed by atoms with E-state index in [1.54, 1.807) is 24.3 Å². The summed E-state index contributed by atoms with van der Waals surface area (Å²) in [6, 6.07) is 18.8. The van der Waals surface area contributed by atoms with Gasteiger partial charge in [-0.3, -0.25) is 9.78 Å². The first-order valence-electron chi connectivity index (χ1n) is 6.46. The molecule has 3 heteroatoms. The number of fused-ring (bicyclic) bond motifs is 1. The maximum atomic E-state index is 12.2. The third kappa shape index (κ3) is 2.52. The molecule has 0 aliphatic heterocycles. The van der Waals surface area contributed by atoms with Crippen LogP contribution in [0.4, 0.5) is 5.69 Å². The smallest absolute Gasteiger partial charge is 0.168 e. The van der Waals surface area contributed by atoms with Gasteiger partial charge in [0.15, 0.2) is 5.78 Å². The van der Waals surface area contributed by atoms with Crippen LogP contribution in [0.3, 0.4) is 0 Å². The van der Waals surface area contributed by atoms with Crippen LogP contribution in [0.5, 0.6) is 0 Å². The summed E-state index contributed by atoms with van der Waals surface area (Å²) in [4.78, 5) is 16.7. The number of ketones is 1. The van der Waals surface area contributed by atoms with Gasteiger partial charge >= 0.3 is 0 Å². The molecule has 1 aromatic heterocycles. The molecule has 0 saturated carbocycles. The first kappa shape index (κ1) is 12.4. The summed E-state index contributed by atoms with van der Waals surface area (Å²) in [6.07, 6.45) is 0.286. The number of nitrogens with two attached hydrogens (primary N) is 1. The lowest BCUT2D eigenvalue weighted by Crippen LogP contribution is -2.05. The Bertz CT molecular complexity index is 781. The molecule has 0 aliphatic rings. The first-order valence-corrected chi connectivity index (χ1v) is 6.46. The molecule has 0 bridgehead atoms. The fourth-order valence-corrected chi connectivity index (χ4v) is 2.19. The third-order valence-corrected chi connectivity index (χ3v) is 3.21. The van der Waals surface area contributed by atoms with Crippen molar-refractivity contribution >= 4 is 22.4 Å². The lowest BCUT2D eigenvalue weighted by Gasteiger charge is -2.04. The standard InChI is InChI=1S/C17H14N2O/c18-14-6-3-5-13(10-14)17(20)11-15-9-8-12-4-1-2-7-16(12)19-15/h1-10H,11,18H2. The molecule has 3 nitrogen and oxygen atoms in total. The molecule has 0 amide bonds. The summed E-state index contributed by atoms with van der Waals surface area (Å²) in [7, 11) is 0. The van der Waals surface area contributed by atoms with E-state index in [1.165, 1.54) is 0 Å². The van der Waals surface area contributed by atoms with Gasteiger partial charge in [-0.15, -0.1) is 0 Å². The molecular weight excluding hydrogens is 248 g/mol. The van der Waals surface area contributed by atoms with E-state index in [0.717, 1.165) is 16.6 Å². The van der Waals surface area contributed by atoms with E-state index in [4.69, 9.17) is 5.73 Å². The van der Waals surface area contributed by atoms with Crippen LogP contribution in [0.25, 0.3) is 10.9 Å². The van der Waals surface area contributed by atoms with Crippen molar-refractivity contribution in [1.29, 1.82) is 0 Å². The van der Waals surface area contributed by atoms with Gasteiger partial charge in [0.05, 0.1) is 11.9 Å². The molecule has 1 heterocycles. The Kier molecular flexibility index (Phi) is 3.17. The highest BCUT2D eigenvalue weighted by Gasteiger charge is 2.08. The van der Waals surface area contributed by atoms with Crippen molar-refractivity contribution in [3.05, 3.63) is 71.9 Å². The van der Waals surface area contributed by atoms with Crippen molar-refractivity contribution in [2.24, 2.45) is 0 Å². The van der Waals surface area contributed by atoms with E-state index in [0.29, 0.717) is 11.3 Å². The fraction of sp³-hybridized carbons (Fsp3) is 0.0588. The number of benzene rings is 2. The molecule has 3 rings (SSSR count). The Hall–Kier alpha value is -2.68. The predicted octanol–water partition coefficient (Wildman–Crippen LogP) is 3.24. The number of carbonyl (C=O) groups is 1. The van der Waals surface area contributed by atoms with Gasteiger partial charge in [0.25, 0.3) is 0 Å². The Labute approximate surface area is 117 Å². The van der Waals surface area contributed by atoms with E-state index in [9.17, 15) is 4.79 Å². The average molecular weight is 262 g/mol. The van der Waals surface area contributed by atoms with Gasteiger partial charge in [-0.1, -0.05) is 36.4 Å². The summed E-state index contributed by atoms with van der Waals surface area (Å²) in [5.74, 6) is 0.0279. The van der Waals surface area contributed by atoms with Gasteiger partial charge in [0.2, 0.25) is 0 Å². The van der Waals surface area contributed by atoms with E-state index in [-0.39, 0.29) is 12.2 Å². The molecule has 3 aromatic rings. The van der Waals surface area contributed by atoms with E-state index < -0.39 is 0 Å². The molecule has 0 atom stereocenters. The zero-order valence-electron chi connectivity index (χ0n) is 10.9. The largest absolute Gasteiger partial charge is 0.399 e. The molecule has 2 aromatic carbocycles. The van der Waals surface area contributed by atoms with Crippen LogP contribution in [0.2, 0.25) is 0 Å². The van der Waals surface area contributed by atoms with Gasteiger partial charge < -0.3 is 5.73 Å². The Morgan fingerprint density at radius 3 is 2.70 bits per heavy atom. The maximum absolute atomic E-state index is 12.2. The van der Waals surface area contributed by atoms with Crippen LogP contribution in [0, 0.1) is 0 Å². The number of Topliss-reactive ketones (excluding diaryl/α,β-unsaturated/α-hetero) is 1. The zero-order chi connectivity index (χ0) is 13.9. The van der Waals surface area contributed by atoms with Crippen LogP contribution >= 0.6 is 0 Å². The summed E-state index contributed by atoms with van der Waals surface area (Å²) >= 11 is 0. The van der Waals surface area contributed by atoms with Crippen molar-refractivity contribution in [2.75, 3.05) is 5.73 Å². The van der Waals surface area contributed by atoms with Crippen molar-refractivity contribution in [3.8, 4) is 0 Å². The quantitative estimate of drug-likeness (QED) is 0.582. The number of aromatic nitrogens is 1. The molecule has 98 valence electrons. The second kappa shape index (κ2) is 5.13. The molecule has 0 spiro atoms. The lowest BCUT2D eigenvalue weighted by atomic mass is 10.1. The Morgan fingerprint density at radius 1 is 1.00 bits per heavy atom. The molecule has 2 N–H and O–H groups in total. The van der Waals surface area contributed by atoms with Crippen molar-refractivity contribution in [3.63, 3.8) is 0 Å². The molecule has 20 heavy (non-hydrogen) atoms. The van der Waals surface area contributed by atoms with E-state index in [1.807, 2.05) is 36.4 Å². The minimum absolute atomic E-state index is 0.0279. The predicted molar refractivity (Wildman–Crippen MR) is 80.6 cm³/mol. The van der Waals surface area contributed by atoms with Crippen LogP contribution in [0.1, 0.15) is 16.1 Å². The molecule has 0 unspecified atom stereocenters. The van der Waals surface area contributed by atoms with Gasteiger partial charge in [-0.25, -0.2) is 0 Å². The minimum Gasteiger partial charge on any atom is -0.399 e. The van der Waals surface area contributed by atoms with E-state index in [2.05, 4.69) is 4.98 Å². The summed E-state index contributed by atoms with van der Waals surface area (Å²) in [5, 5.41) is 1.08. The maximum Gasteiger partial charge on any atom is 0.168 e. The third-order valence-electron chi connectivity index (χ3n) is 3.21. The molecular formula is C17H14N2O.